The van der Waals surface area contributed by atoms with E-state index in [2.05, 4.69) is 15.2 Å². The van der Waals surface area contributed by atoms with Crippen molar-refractivity contribution in [2.45, 2.75) is 31.8 Å². The van der Waals surface area contributed by atoms with Crippen LogP contribution >= 0.6 is 0 Å². The zero-order valence-corrected chi connectivity index (χ0v) is 17.1. The number of amides is 2. The molecule has 7 nitrogen and oxygen atoms in total. The standard InChI is InChI=1S/C23H28N4O3/c28-21-8-4-5-11-27(21)22(19-6-2-1-3-7-19)23(29)25-17-18-9-10-24-20(16-18)26-12-14-30-15-13-26/h1-3,6-7,9-10,16,22H,4-5,8,11-15,17H2,(H,25,29). The molecule has 3 heterocycles. The first-order valence-corrected chi connectivity index (χ1v) is 10.6. The van der Waals surface area contributed by atoms with Crippen LogP contribution in [-0.2, 0) is 20.9 Å². The second-order valence-corrected chi connectivity index (χ2v) is 7.70. The minimum Gasteiger partial charge on any atom is -0.378 e. The van der Waals surface area contributed by atoms with Crippen LogP contribution in [0.2, 0.25) is 0 Å². The summed E-state index contributed by atoms with van der Waals surface area (Å²) >= 11 is 0. The van der Waals surface area contributed by atoms with Crippen molar-refractivity contribution in [2.75, 3.05) is 37.7 Å². The number of aromatic nitrogens is 1. The van der Waals surface area contributed by atoms with Gasteiger partial charge < -0.3 is 19.9 Å². The molecule has 2 fully saturated rings. The number of hydrogen-bond donors (Lipinski definition) is 1. The number of carbonyl (C=O) groups excluding carboxylic acids is 2. The highest BCUT2D eigenvalue weighted by Gasteiger charge is 2.32. The van der Waals surface area contributed by atoms with E-state index in [1.807, 2.05) is 42.5 Å². The van der Waals surface area contributed by atoms with Crippen molar-refractivity contribution < 1.29 is 14.3 Å². The first-order chi connectivity index (χ1) is 14.7. The number of hydrogen-bond acceptors (Lipinski definition) is 5. The van der Waals surface area contributed by atoms with Gasteiger partial charge in [-0.15, -0.1) is 0 Å². The normalized spacial score (nSPS) is 18.2. The average Bonchev–Trinajstić information content (AvgIpc) is 2.81. The molecule has 2 aliphatic heterocycles. The van der Waals surface area contributed by atoms with Crippen molar-refractivity contribution in [3.63, 3.8) is 0 Å². The van der Waals surface area contributed by atoms with E-state index < -0.39 is 6.04 Å². The van der Waals surface area contributed by atoms with E-state index in [-0.39, 0.29) is 11.8 Å². The van der Waals surface area contributed by atoms with Crippen LogP contribution in [0.4, 0.5) is 5.82 Å². The van der Waals surface area contributed by atoms with E-state index in [1.54, 1.807) is 11.1 Å². The molecule has 2 aliphatic rings. The summed E-state index contributed by atoms with van der Waals surface area (Å²) in [4.78, 5) is 34.1. The van der Waals surface area contributed by atoms with Crippen LogP contribution < -0.4 is 10.2 Å². The van der Waals surface area contributed by atoms with Gasteiger partial charge in [0.15, 0.2) is 0 Å². The van der Waals surface area contributed by atoms with Crippen LogP contribution in [0.25, 0.3) is 0 Å². The van der Waals surface area contributed by atoms with E-state index in [0.717, 1.165) is 42.9 Å². The van der Waals surface area contributed by atoms with Crippen molar-refractivity contribution in [3.8, 4) is 0 Å². The molecule has 30 heavy (non-hydrogen) atoms. The number of likely N-dealkylation sites (tertiary alicyclic amines) is 1. The number of pyridine rings is 1. The number of benzene rings is 1. The van der Waals surface area contributed by atoms with Crippen molar-refractivity contribution in [1.29, 1.82) is 0 Å². The average molecular weight is 409 g/mol. The molecule has 0 radical (unpaired) electrons. The molecule has 0 aliphatic carbocycles. The van der Waals surface area contributed by atoms with Gasteiger partial charge in [-0.1, -0.05) is 30.3 Å². The second-order valence-electron chi connectivity index (χ2n) is 7.70. The van der Waals surface area contributed by atoms with E-state index >= 15 is 0 Å². The maximum absolute atomic E-state index is 13.2. The van der Waals surface area contributed by atoms with Gasteiger partial charge in [0, 0.05) is 38.8 Å². The molecule has 2 amide bonds. The quantitative estimate of drug-likeness (QED) is 0.794. The first kappa shape index (κ1) is 20.3. The summed E-state index contributed by atoms with van der Waals surface area (Å²) in [5, 5.41) is 3.04. The van der Waals surface area contributed by atoms with Gasteiger partial charge in [0.2, 0.25) is 11.8 Å². The Morgan fingerprint density at radius 3 is 2.67 bits per heavy atom. The zero-order valence-electron chi connectivity index (χ0n) is 17.1. The number of morpholine rings is 1. The lowest BCUT2D eigenvalue weighted by Gasteiger charge is -2.34. The van der Waals surface area contributed by atoms with Crippen molar-refractivity contribution in [3.05, 3.63) is 59.8 Å². The maximum atomic E-state index is 13.2. The highest BCUT2D eigenvalue weighted by atomic mass is 16.5. The lowest BCUT2D eigenvalue weighted by molar-refractivity contribution is -0.142. The van der Waals surface area contributed by atoms with Crippen LogP contribution in [0.1, 0.15) is 36.4 Å². The molecule has 0 spiro atoms. The third kappa shape index (κ3) is 4.79. The fraction of sp³-hybridized carbons (Fsp3) is 0.435. The Kier molecular flexibility index (Phi) is 6.59. The Hall–Kier alpha value is -2.93. The van der Waals surface area contributed by atoms with Gasteiger partial charge in [0.1, 0.15) is 11.9 Å². The molecule has 4 rings (SSSR count). The molecule has 2 aromatic rings. The van der Waals surface area contributed by atoms with Crippen LogP contribution in [0.3, 0.4) is 0 Å². The largest absolute Gasteiger partial charge is 0.378 e. The fourth-order valence-corrected chi connectivity index (χ4v) is 4.03. The summed E-state index contributed by atoms with van der Waals surface area (Å²) in [7, 11) is 0. The zero-order chi connectivity index (χ0) is 20.8. The Morgan fingerprint density at radius 1 is 1.10 bits per heavy atom. The Morgan fingerprint density at radius 2 is 1.90 bits per heavy atom. The predicted octanol–water partition coefficient (Wildman–Crippen LogP) is 2.29. The van der Waals surface area contributed by atoms with Gasteiger partial charge in [0.25, 0.3) is 0 Å². The Bertz CT molecular complexity index is 868. The van der Waals surface area contributed by atoms with Crippen LogP contribution in [0.15, 0.2) is 48.7 Å². The van der Waals surface area contributed by atoms with Gasteiger partial charge >= 0.3 is 0 Å². The van der Waals surface area contributed by atoms with Crippen LogP contribution in [0.5, 0.6) is 0 Å². The molecular formula is C23H28N4O3. The molecule has 158 valence electrons. The molecule has 1 N–H and O–H groups in total. The number of rotatable bonds is 6. The summed E-state index contributed by atoms with van der Waals surface area (Å²) in [6.45, 7) is 4.04. The molecule has 0 saturated carbocycles. The molecule has 2 saturated heterocycles. The number of nitrogens with zero attached hydrogens (tertiary/aromatic N) is 3. The van der Waals surface area contributed by atoms with Gasteiger partial charge in [-0.2, -0.15) is 0 Å². The molecule has 7 heteroatoms. The van der Waals surface area contributed by atoms with E-state index in [9.17, 15) is 9.59 Å². The number of anilines is 1. The van der Waals surface area contributed by atoms with Gasteiger partial charge in [-0.05, 0) is 36.1 Å². The van der Waals surface area contributed by atoms with Gasteiger partial charge in [-0.25, -0.2) is 4.98 Å². The summed E-state index contributed by atoms with van der Waals surface area (Å²) in [5.41, 5.74) is 1.82. The number of ether oxygens (including phenoxy) is 1. The molecule has 1 aromatic carbocycles. The smallest absolute Gasteiger partial charge is 0.247 e. The molecule has 1 unspecified atom stereocenters. The Balaban J connectivity index is 1.47. The Labute approximate surface area is 177 Å². The summed E-state index contributed by atoms with van der Waals surface area (Å²) in [5.74, 6) is 0.792. The lowest BCUT2D eigenvalue weighted by atomic mass is 10.0. The summed E-state index contributed by atoms with van der Waals surface area (Å²) < 4.78 is 5.41. The van der Waals surface area contributed by atoms with E-state index in [0.29, 0.717) is 32.7 Å². The number of nitrogens with one attached hydrogen (secondary N) is 1. The van der Waals surface area contributed by atoms with Crippen molar-refractivity contribution in [2.24, 2.45) is 0 Å². The molecule has 1 atom stereocenters. The minimum absolute atomic E-state index is 0.0452. The molecular weight excluding hydrogens is 380 g/mol. The van der Waals surface area contributed by atoms with Gasteiger partial charge in [0.05, 0.1) is 13.2 Å². The number of carbonyl (C=O) groups is 2. The van der Waals surface area contributed by atoms with E-state index in [4.69, 9.17) is 4.74 Å². The third-order valence-corrected chi connectivity index (χ3v) is 5.65. The highest BCUT2D eigenvalue weighted by molar-refractivity contribution is 5.89. The summed E-state index contributed by atoms with van der Waals surface area (Å²) in [6, 6.07) is 12.9. The second kappa shape index (κ2) is 9.71. The predicted molar refractivity (Wildman–Crippen MR) is 114 cm³/mol. The van der Waals surface area contributed by atoms with E-state index in [1.165, 1.54) is 0 Å². The lowest BCUT2D eigenvalue weighted by Crippen LogP contribution is -2.45. The molecule has 0 bridgehead atoms. The first-order valence-electron chi connectivity index (χ1n) is 10.6. The SMILES string of the molecule is O=C(NCc1ccnc(N2CCOCC2)c1)C(c1ccccc1)N1CCCCC1=O. The van der Waals surface area contributed by atoms with Crippen molar-refractivity contribution in [1.82, 2.24) is 15.2 Å². The van der Waals surface area contributed by atoms with Crippen molar-refractivity contribution >= 4 is 17.6 Å². The van der Waals surface area contributed by atoms with Crippen LogP contribution in [-0.4, -0.2) is 54.5 Å². The summed E-state index contributed by atoms with van der Waals surface area (Å²) in [6.07, 6.45) is 4.09. The van der Waals surface area contributed by atoms with Crippen LogP contribution in [0, 0.1) is 0 Å². The van der Waals surface area contributed by atoms with Gasteiger partial charge in [-0.3, -0.25) is 9.59 Å². The fourth-order valence-electron chi connectivity index (χ4n) is 4.03. The minimum atomic E-state index is -0.598. The third-order valence-electron chi connectivity index (χ3n) is 5.65. The topological polar surface area (TPSA) is 74.8 Å². The highest BCUT2D eigenvalue weighted by Crippen LogP contribution is 2.26. The monoisotopic (exact) mass is 408 g/mol. The maximum Gasteiger partial charge on any atom is 0.247 e. The molecule has 1 aromatic heterocycles. The number of piperidine rings is 1.